The maximum absolute atomic E-state index is 12.8. The fraction of sp³-hybridized carbons (Fsp3) is 0.364. The molecule has 1 atom stereocenters. The summed E-state index contributed by atoms with van der Waals surface area (Å²) in [5.74, 6) is 1.15. The van der Waals surface area contributed by atoms with Gasteiger partial charge in [-0.25, -0.2) is 4.98 Å². The van der Waals surface area contributed by atoms with Gasteiger partial charge in [0.25, 0.3) is 5.56 Å². The molecule has 0 bridgehead atoms. The van der Waals surface area contributed by atoms with Gasteiger partial charge in [0.1, 0.15) is 12.4 Å². The molecule has 28 heavy (non-hydrogen) atoms. The van der Waals surface area contributed by atoms with Crippen LogP contribution in [0.5, 0.6) is 5.75 Å². The summed E-state index contributed by atoms with van der Waals surface area (Å²) in [6.07, 6.45) is -0.671. The van der Waals surface area contributed by atoms with Crippen molar-refractivity contribution in [3.05, 3.63) is 63.9 Å². The Labute approximate surface area is 169 Å². The van der Waals surface area contributed by atoms with Crippen LogP contribution in [-0.4, -0.2) is 33.1 Å². The summed E-state index contributed by atoms with van der Waals surface area (Å²) in [5, 5.41) is 11.6. The number of hydrogen-bond acceptors (Lipinski definition) is 5. The van der Waals surface area contributed by atoms with E-state index in [0.29, 0.717) is 21.8 Å². The first kappa shape index (κ1) is 20.4. The topological polar surface area (TPSA) is 64.3 Å². The first-order valence-electron chi connectivity index (χ1n) is 9.38. The van der Waals surface area contributed by atoms with Gasteiger partial charge in [0.2, 0.25) is 0 Å². The van der Waals surface area contributed by atoms with Crippen LogP contribution in [0.15, 0.2) is 52.4 Å². The molecular weight excluding hydrogens is 372 g/mol. The number of aryl methyl sites for hydroxylation is 2. The van der Waals surface area contributed by atoms with Gasteiger partial charge in [0.05, 0.1) is 17.0 Å². The van der Waals surface area contributed by atoms with Crippen molar-refractivity contribution in [2.75, 3.05) is 12.4 Å². The Kier molecular flexibility index (Phi) is 6.42. The van der Waals surface area contributed by atoms with Crippen LogP contribution in [0.3, 0.4) is 0 Å². The van der Waals surface area contributed by atoms with E-state index < -0.39 is 6.10 Å². The Balaban J connectivity index is 1.72. The van der Waals surface area contributed by atoms with Crippen LogP contribution in [0, 0.1) is 13.8 Å². The highest BCUT2D eigenvalue weighted by Crippen LogP contribution is 2.22. The summed E-state index contributed by atoms with van der Waals surface area (Å²) < 4.78 is 7.42. The molecule has 5 nitrogen and oxygen atoms in total. The fourth-order valence-corrected chi connectivity index (χ4v) is 4.14. The van der Waals surface area contributed by atoms with Crippen molar-refractivity contribution in [3.63, 3.8) is 0 Å². The maximum atomic E-state index is 12.8. The van der Waals surface area contributed by atoms with Crippen LogP contribution < -0.4 is 10.3 Å². The molecule has 1 N–H and O–H groups in total. The predicted octanol–water partition coefficient (Wildman–Crippen LogP) is 4.13. The van der Waals surface area contributed by atoms with E-state index >= 15 is 0 Å². The second-order valence-electron chi connectivity index (χ2n) is 7.28. The van der Waals surface area contributed by atoms with Gasteiger partial charge in [-0.15, -0.1) is 0 Å². The van der Waals surface area contributed by atoms with Gasteiger partial charge >= 0.3 is 0 Å². The van der Waals surface area contributed by atoms with Gasteiger partial charge in [-0.2, -0.15) is 0 Å². The van der Waals surface area contributed by atoms with E-state index in [9.17, 15) is 9.90 Å². The highest BCUT2D eigenvalue weighted by Gasteiger charge is 2.16. The third-order valence-electron chi connectivity index (χ3n) is 4.33. The lowest BCUT2D eigenvalue weighted by Crippen LogP contribution is -2.26. The minimum atomic E-state index is -0.671. The zero-order valence-electron chi connectivity index (χ0n) is 16.7. The van der Waals surface area contributed by atoms with Crippen molar-refractivity contribution in [1.29, 1.82) is 0 Å². The molecule has 0 aliphatic carbocycles. The Morgan fingerprint density at radius 2 is 1.82 bits per heavy atom. The molecule has 1 aromatic heterocycles. The van der Waals surface area contributed by atoms with Crippen molar-refractivity contribution >= 4 is 22.7 Å². The summed E-state index contributed by atoms with van der Waals surface area (Å²) in [5.41, 5.74) is 2.87. The summed E-state index contributed by atoms with van der Waals surface area (Å²) in [4.78, 5) is 17.5. The van der Waals surface area contributed by atoms with Gasteiger partial charge in [0.15, 0.2) is 5.16 Å². The van der Waals surface area contributed by atoms with E-state index in [2.05, 4.69) is 11.1 Å². The van der Waals surface area contributed by atoms with Gasteiger partial charge < -0.3 is 9.84 Å². The molecule has 3 rings (SSSR count). The molecular formula is C22H26N2O3S. The molecule has 0 fully saturated rings. The molecule has 148 valence electrons. The van der Waals surface area contributed by atoms with E-state index in [-0.39, 0.29) is 18.2 Å². The average Bonchev–Trinajstić information content (AvgIpc) is 2.63. The largest absolute Gasteiger partial charge is 0.491 e. The second-order valence-corrected chi connectivity index (χ2v) is 8.27. The normalized spacial score (nSPS) is 12.5. The lowest BCUT2D eigenvalue weighted by atomic mass is 10.1. The molecule has 0 aliphatic heterocycles. The number of hydrogen-bond donors (Lipinski definition) is 1. The monoisotopic (exact) mass is 398 g/mol. The van der Waals surface area contributed by atoms with Crippen LogP contribution in [-0.2, 0) is 0 Å². The summed E-state index contributed by atoms with van der Waals surface area (Å²) >= 11 is 1.38. The first-order valence-corrected chi connectivity index (χ1v) is 10.4. The molecule has 6 heteroatoms. The number of thioether (sulfide) groups is 1. The molecule has 3 aromatic rings. The van der Waals surface area contributed by atoms with Gasteiger partial charge in [0, 0.05) is 11.8 Å². The molecule has 0 saturated carbocycles. The van der Waals surface area contributed by atoms with Crippen molar-refractivity contribution in [1.82, 2.24) is 9.55 Å². The van der Waals surface area contributed by atoms with E-state index in [1.807, 2.05) is 58.0 Å². The molecule has 0 aliphatic rings. The molecule has 0 saturated heterocycles. The number of para-hydroxylation sites is 1. The summed E-state index contributed by atoms with van der Waals surface area (Å²) in [7, 11) is 0. The van der Waals surface area contributed by atoms with E-state index in [1.54, 1.807) is 10.6 Å². The number of nitrogens with zero attached hydrogens (tertiary/aromatic N) is 2. The van der Waals surface area contributed by atoms with Gasteiger partial charge in [-0.05, 0) is 63.1 Å². The Morgan fingerprint density at radius 3 is 2.50 bits per heavy atom. The quantitative estimate of drug-likeness (QED) is 0.479. The molecule has 0 amide bonds. The number of fused-ring (bicyclic) bond motifs is 1. The molecule has 1 heterocycles. The minimum Gasteiger partial charge on any atom is -0.491 e. The lowest BCUT2D eigenvalue weighted by Gasteiger charge is -2.17. The fourth-order valence-electron chi connectivity index (χ4n) is 3.11. The second kappa shape index (κ2) is 8.80. The van der Waals surface area contributed by atoms with E-state index in [4.69, 9.17) is 4.74 Å². The predicted molar refractivity (Wildman–Crippen MR) is 115 cm³/mol. The SMILES string of the molecule is Cc1cc(C)cc(OC[C@H](O)CSc2nc3ccccc3c(=O)n2C(C)C)c1. The summed E-state index contributed by atoms with van der Waals surface area (Å²) in [6.45, 7) is 8.14. The van der Waals surface area contributed by atoms with Crippen molar-refractivity contribution in [3.8, 4) is 5.75 Å². The van der Waals surface area contributed by atoms with Crippen molar-refractivity contribution in [2.24, 2.45) is 0 Å². The van der Waals surface area contributed by atoms with Crippen LogP contribution in [0.1, 0.15) is 31.0 Å². The molecule has 2 aromatic carbocycles. The Hall–Kier alpha value is -2.31. The van der Waals surface area contributed by atoms with Gasteiger partial charge in [-0.3, -0.25) is 9.36 Å². The highest BCUT2D eigenvalue weighted by molar-refractivity contribution is 7.99. The number of benzene rings is 2. The number of ether oxygens (including phenoxy) is 1. The van der Waals surface area contributed by atoms with Crippen LogP contribution in [0.4, 0.5) is 0 Å². The minimum absolute atomic E-state index is 0.0178. The molecule has 0 radical (unpaired) electrons. The average molecular weight is 399 g/mol. The number of aromatic nitrogens is 2. The van der Waals surface area contributed by atoms with Gasteiger partial charge in [-0.1, -0.05) is 30.0 Å². The molecule has 0 unspecified atom stereocenters. The van der Waals surface area contributed by atoms with Crippen molar-refractivity contribution in [2.45, 2.75) is 45.0 Å². The Bertz CT molecular complexity index is 1010. The highest BCUT2D eigenvalue weighted by atomic mass is 32.2. The molecule has 0 spiro atoms. The van der Waals surface area contributed by atoms with E-state index in [0.717, 1.165) is 16.9 Å². The standard InChI is InChI=1S/C22H26N2O3S/c1-14(2)24-21(26)19-7-5-6-8-20(19)23-22(24)28-13-17(25)12-27-18-10-15(3)9-16(4)11-18/h5-11,14,17,25H,12-13H2,1-4H3/t17-/m0/s1. The first-order chi connectivity index (χ1) is 13.3. The van der Waals surface area contributed by atoms with Crippen molar-refractivity contribution < 1.29 is 9.84 Å². The zero-order chi connectivity index (χ0) is 20.3. The Morgan fingerprint density at radius 1 is 1.14 bits per heavy atom. The van der Waals surface area contributed by atoms with Crippen LogP contribution in [0.2, 0.25) is 0 Å². The number of rotatable bonds is 7. The smallest absolute Gasteiger partial charge is 0.262 e. The number of aliphatic hydroxyl groups excluding tert-OH is 1. The zero-order valence-corrected chi connectivity index (χ0v) is 17.5. The van der Waals surface area contributed by atoms with Crippen LogP contribution >= 0.6 is 11.8 Å². The third kappa shape index (κ3) is 4.75. The van der Waals surface area contributed by atoms with E-state index in [1.165, 1.54) is 11.8 Å². The lowest BCUT2D eigenvalue weighted by molar-refractivity contribution is 0.126. The van der Waals surface area contributed by atoms with Crippen LogP contribution in [0.25, 0.3) is 10.9 Å². The maximum Gasteiger partial charge on any atom is 0.262 e. The number of aliphatic hydroxyl groups is 1. The third-order valence-corrected chi connectivity index (χ3v) is 5.43. The summed E-state index contributed by atoms with van der Waals surface area (Å²) in [6, 6.07) is 13.3.